The van der Waals surface area contributed by atoms with E-state index in [0.29, 0.717) is 26.4 Å². The van der Waals surface area contributed by atoms with E-state index >= 15 is 0 Å². The molecule has 0 spiro atoms. The molecule has 1 atom stereocenters. The van der Waals surface area contributed by atoms with Crippen molar-refractivity contribution >= 4 is 55.6 Å². The van der Waals surface area contributed by atoms with E-state index in [9.17, 15) is 0 Å². The minimum absolute atomic E-state index is 0.0139. The number of halogens is 2. The van der Waals surface area contributed by atoms with Gasteiger partial charge in [-0.2, -0.15) is 0 Å². The lowest BCUT2D eigenvalue weighted by Crippen LogP contribution is -2.18. The first-order valence-electron chi connectivity index (χ1n) is 13.4. The van der Waals surface area contributed by atoms with Crippen molar-refractivity contribution in [2.45, 2.75) is 59.8 Å². The van der Waals surface area contributed by atoms with E-state index in [0.717, 1.165) is 47.4 Å². The van der Waals surface area contributed by atoms with Crippen molar-refractivity contribution in [3.05, 3.63) is 22.3 Å². The summed E-state index contributed by atoms with van der Waals surface area (Å²) in [4.78, 5) is 0.881. The van der Waals surface area contributed by atoms with Crippen molar-refractivity contribution in [1.29, 1.82) is 0 Å². The minimum Gasteiger partial charge on any atom is -0.394 e. The second kappa shape index (κ2) is 28.4. The quantitative estimate of drug-likeness (QED) is 0.0648. The first kappa shape index (κ1) is 42.8. The zero-order valence-corrected chi connectivity index (χ0v) is 29.3. The standard InChI is InChI=1S/C17H29O6PS.C5H12O2.C4H10Cl2NP/c1-12-13(2)15(4)17(25)16(14(12)3)24(23-10-8-21-11-19)22-9-7-20-6-5-18;1-2-4-7-5-3-6;1-3-7(4-2)8(5)6/h18-19,25H,5-11H2,1-4H3;6H,2-5H2,1H3;3-4H2,1-2H3. The molecule has 0 fully saturated rings. The van der Waals surface area contributed by atoms with Gasteiger partial charge in [0.25, 0.3) is 0 Å². The molecule has 0 radical (unpaired) electrons. The SMILES string of the molecule is CCCOCCO.CCN(CC)P(Cl)Cl.Cc1c(C)c(C)c(P(OCCOCO)OCCOCCO)c(S)c1C. The van der Waals surface area contributed by atoms with Gasteiger partial charge in [0, 0.05) is 29.9 Å². The third-order valence-electron chi connectivity index (χ3n) is 5.53. The molecule has 0 amide bonds. The summed E-state index contributed by atoms with van der Waals surface area (Å²) in [5.74, 6) is 0. The van der Waals surface area contributed by atoms with Crippen molar-refractivity contribution in [1.82, 2.24) is 4.67 Å². The molecule has 0 aromatic heterocycles. The molecule has 0 aliphatic rings. The van der Waals surface area contributed by atoms with E-state index in [1.165, 1.54) is 11.1 Å². The van der Waals surface area contributed by atoms with E-state index in [1.54, 1.807) is 0 Å². The van der Waals surface area contributed by atoms with Crippen LogP contribution in [0.3, 0.4) is 0 Å². The summed E-state index contributed by atoms with van der Waals surface area (Å²) in [6.45, 7) is 18.0. The van der Waals surface area contributed by atoms with Crippen molar-refractivity contribution in [2.24, 2.45) is 0 Å². The molecule has 1 rings (SSSR count). The maximum absolute atomic E-state index is 8.75. The van der Waals surface area contributed by atoms with Crippen LogP contribution in [-0.4, -0.2) is 99.3 Å². The predicted molar refractivity (Wildman–Crippen MR) is 172 cm³/mol. The fraction of sp³-hybridized carbons (Fsp3) is 0.769. The first-order chi connectivity index (χ1) is 19.1. The molecular weight excluding hydrogens is 619 g/mol. The van der Waals surface area contributed by atoms with Crippen LogP contribution in [0, 0.1) is 27.7 Å². The number of aliphatic hydroxyl groups excluding tert-OH is 3. The summed E-state index contributed by atoms with van der Waals surface area (Å²) in [6, 6.07) is 0. The smallest absolute Gasteiger partial charge is 0.206 e. The van der Waals surface area contributed by atoms with Gasteiger partial charge < -0.3 is 38.6 Å². The van der Waals surface area contributed by atoms with Crippen LogP contribution in [-0.2, 0) is 23.3 Å². The molecule has 0 saturated carbocycles. The highest BCUT2D eigenvalue weighted by Gasteiger charge is 2.23. The van der Waals surface area contributed by atoms with Crippen LogP contribution in [0.4, 0.5) is 0 Å². The Morgan fingerprint density at radius 1 is 0.675 bits per heavy atom. The lowest BCUT2D eigenvalue weighted by atomic mass is 9.99. The molecule has 0 heterocycles. The minimum atomic E-state index is -1.36. The molecule has 40 heavy (non-hydrogen) atoms. The van der Waals surface area contributed by atoms with Crippen molar-refractivity contribution < 1.29 is 38.6 Å². The van der Waals surface area contributed by atoms with Gasteiger partial charge in [-0.1, -0.05) is 43.3 Å². The maximum atomic E-state index is 8.75. The van der Waals surface area contributed by atoms with Crippen LogP contribution in [0.15, 0.2) is 4.90 Å². The normalized spacial score (nSPS) is 11.8. The second-order valence-electron chi connectivity index (χ2n) is 8.18. The van der Waals surface area contributed by atoms with Gasteiger partial charge in [0.05, 0.1) is 52.9 Å². The monoisotopic (exact) mass is 669 g/mol. The van der Waals surface area contributed by atoms with E-state index in [2.05, 4.69) is 13.8 Å². The number of rotatable bonds is 19. The van der Waals surface area contributed by atoms with E-state index in [-0.39, 0.29) is 33.2 Å². The van der Waals surface area contributed by atoms with Crippen molar-refractivity contribution in [3.8, 4) is 0 Å². The van der Waals surface area contributed by atoms with Crippen LogP contribution in [0.1, 0.15) is 49.4 Å². The van der Waals surface area contributed by atoms with E-state index in [4.69, 9.17) is 73.7 Å². The Morgan fingerprint density at radius 3 is 1.55 bits per heavy atom. The average molecular weight is 671 g/mol. The highest BCUT2D eigenvalue weighted by molar-refractivity contribution is 8.02. The summed E-state index contributed by atoms with van der Waals surface area (Å²) in [5, 5.41) is 26.6. The third-order valence-corrected chi connectivity index (χ3v) is 10.3. The van der Waals surface area contributed by atoms with Gasteiger partial charge in [0.1, 0.15) is 6.79 Å². The van der Waals surface area contributed by atoms with Crippen molar-refractivity contribution in [3.63, 3.8) is 0 Å². The van der Waals surface area contributed by atoms with Gasteiger partial charge in [-0.25, -0.2) is 0 Å². The fourth-order valence-corrected chi connectivity index (χ4v) is 6.89. The van der Waals surface area contributed by atoms with E-state index in [1.807, 2.05) is 39.3 Å². The predicted octanol–water partition coefficient (Wildman–Crippen LogP) is 5.59. The molecule has 1 aromatic carbocycles. The highest BCUT2D eigenvalue weighted by Crippen LogP contribution is 2.49. The molecule has 0 aliphatic heterocycles. The Morgan fingerprint density at radius 2 is 1.15 bits per heavy atom. The lowest BCUT2D eigenvalue weighted by Gasteiger charge is -2.24. The molecule has 3 N–H and O–H groups in total. The molecule has 238 valence electrons. The average Bonchev–Trinajstić information content (AvgIpc) is 2.94. The molecule has 1 unspecified atom stereocenters. The number of ether oxygens (including phenoxy) is 3. The second-order valence-corrected chi connectivity index (χ2v) is 13.5. The van der Waals surface area contributed by atoms with Crippen LogP contribution in [0.5, 0.6) is 0 Å². The summed E-state index contributed by atoms with van der Waals surface area (Å²) in [5.41, 5.74) is 4.65. The lowest BCUT2D eigenvalue weighted by molar-refractivity contribution is -0.0130. The zero-order valence-electron chi connectivity index (χ0n) is 25.1. The molecule has 14 heteroatoms. The fourth-order valence-electron chi connectivity index (χ4n) is 3.00. The van der Waals surface area contributed by atoms with Crippen LogP contribution >= 0.6 is 50.3 Å². The van der Waals surface area contributed by atoms with Gasteiger partial charge in [-0.3, -0.25) is 4.67 Å². The van der Waals surface area contributed by atoms with E-state index < -0.39 is 15.2 Å². The van der Waals surface area contributed by atoms with Gasteiger partial charge in [-0.15, -0.1) is 12.6 Å². The summed E-state index contributed by atoms with van der Waals surface area (Å²) in [6.07, 6.45) is 1.03. The van der Waals surface area contributed by atoms with Gasteiger partial charge in [0.2, 0.25) is 8.38 Å². The largest absolute Gasteiger partial charge is 0.394 e. The summed E-state index contributed by atoms with van der Waals surface area (Å²) in [7, 11) is -1.36. The first-order valence-corrected chi connectivity index (χ1v) is 18.1. The molecule has 1 aromatic rings. The van der Waals surface area contributed by atoms with Crippen LogP contribution < -0.4 is 5.30 Å². The van der Waals surface area contributed by atoms with Gasteiger partial charge in [-0.05, 0) is 56.4 Å². The molecule has 0 bridgehead atoms. The Labute approximate surface area is 259 Å². The number of aliphatic hydroxyl groups is 3. The molecule has 0 saturated heterocycles. The Hall–Kier alpha value is 0.650. The van der Waals surface area contributed by atoms with Gasteiger partial charge >= 0.3 is 0 Å². The zero-order chi connectivity index (χ0) is 30.9. The Bertz CT molecular complexity index is 720. The van der Waals surface area contributed by atoms with Crippen LogP contribution in [0.2, 0.25) is 0 Å². The Kier molecular flexibility index (Phi) is 30.4. The Balaban J connectivity index is 0. The number of thiol groups is 1. The molecular formula is C26H51Cl2NO8P2S. The van der Waals surface area contributed by atoms with Crippen LogP contribution in [0.25, 0.3) is 0 Å². The molecule has 9 nitrogen and oxygen atoms in total. The third kappa shape index (κ3) is 19.0. The highest BCUT2D eigenvalue weighted by atomic mass is 35.9. The topological polar surface area (TPSA) is 110 Å². The maximum Gasteiger partial charge on any atom is 0.206 e. The number of hydrogen-bond donors (Lipinski definition) is 4. The summed E-state index contributed by atoms with van der Waals surface area (Å²) >= 11 is 15.9. The summed E-state index contributed by atoms with van der Waals surface area (Å²) < 4.78 is 28.9. The van der Waals surface area contributed by atoms with Crippen molar-refractivity contribution in [2.75, 3.05) is 79.3 Å². The number of nitrogens with zero attached hydrogens (tertiary/aromatic N) is 1. The molecule has 0 aliphatic carbocycles. The number of benzene rings is 1. The number of hydrogen-bond acceptors (Lipinski definition) is 10. The van der Waals surface area contributed by atoms with Gasteiger partial charge in [0.15, 0.2) is 6.78 Å².